The SMILES string of the molecule is CC1CCN(c2ccc(NC(=O)COC(=O)c3ccc([N+](=O)[O-])s3)cc2)CC1. The number of esters is 1. The van der Waals surface area contributed by atoms with Gasteiger partial charge in [0, 0.05) is 30.5 Å². The maximum atomic E-state index is 12.0. The fourth-order valence-electron chi connectivity index (χ4n) is 2.96. The third-order valence-electron chi connectivity index (χ3n) is 4.61. The molecule has 1 saturated heterocycles. The first-order valence-corrected chi connectivity index (χ1v) is 9.80. The Morgan fingerprint density at radius 3 is 2.50 bits per heavy atom. The summed E-state index contributed by atoms with van der Waals surface area (Å²) in [6, 6.07) is 10.1. The Bertz CT molecular complexity index is 857. The van der Waals surface area contributed by atoms with Crippen molar-refractivity contribution in [3.8, 4) is 0 Å². The minimum Gasteiger partial charge on any atom is -0.451 e. The number of piperidine rings is 1. The van der Waals surface area contributed by atoms with Gasteiger partial charge in [0.15, 0.2) is 6.61 Å². The van der Waals surface area contributed by atoms with E-state index >= 15 is 0 Å². The van der Waals surface area contributed by atoms with Gasteiger partial charge < -0.3 is 15.0 Å². The number of carbonyl (C=O) groups excluding carboxylic acids is 2. The number of amides is 1. The Hall–Kier alpha value is -2.94. The van der Waals surface area contributed by atoms with Gasteiger partial charge in [-0.2, -0.15) is 0 Å². The standard InChI is InChI=1S/C19H21N3O5S/c1-13-8-10-21(11-9-13)15-4-2-14(3-5-15)20-17(23)12-27-19(24)16-6-7-18(28-16)22(25)26/h2-7,13H,8-12H2,1H3,(H,20,23). The molecule has 0 saturated carbocycles. The number of carbonyl (C=O) groups is 2. The maximum Gasteiger partial charge on any atom is 0.349 e. The van der Waals surface area contributed by atoms with Gasteiger partial charge in [0.2, 0.25) is 0 Å². The van der Waals surface area contributed by atoms with Crippen LogP contribution < -0.4 is 10.2 Å². The number of thiophene rings is 1. The van der Waals surface area contributed by atoms with Crippen molar-refractivity contribution in [1.82, 2.24) is 0 Å². The molecule has 0 atom stereocenters. The maximum absolute atomic E-state index is 12.0. The number of nitrogens with one attached hydrogen (secondary N) is 1. The number of ether oxygens (including phenoxy) is 1. The molecule has 1 aliphatic rings. The molecule has 2 aromatic rings. The van der Waals surface area contributed by atoms with Crippen molar-refractivity contribution in [2.75, 3.05) is 29.9 Å². The van der Waals surface area contributed by atoms with Crippen molar-refractivity contribution >= 4 is 39.6 Å². The van der Waals surface area contributed by atoms with Crippen molar-refractivity contribution in [1.29, 1.82) is 0 Å². The van der Waals surface area contributed by atoms with E-state index in [1.165, 1.54) is 25.0 Å². The number of benzene rings is 1. The first kappa shape index (κ1) is 19.8. The Morgan fingerprint density at radius 1 is 1.21 bits per heavy atom. The fourth-order valence-corrected chi connectivity index (χ4v) is 3.67. The highest BCUT2D eigenvalue weighted by molar-refractivity contribution is 7.17. The molecule has 1 fully saturated rings. The van der Waals surface area contributed by atoms with Crippen LogP contribution in [0.4, 0.5) is 16.4 Å². The predicted molar refractivity (Wildman–Crippen MR) is 107 cm³/mol. The summed E-state index contributed by atoms with van der Waals surface area (Å²) >= 11 is 0.710. The van der Waals surface area contributed by atoms with Crippen LogP contribution in [0, 0.1) is 16.0 Å². The normalized spacial score (nSPS) is 14.5. The van der Waals surface area contributed by atoms with E-state index in [2.05, 4.69) is 17.1 Å². The van der Waals surface area contributed by atoms with Gasteiger partial charge in [-0.05, 0) is 49.1 Å². The highest BCUT2D eigenvalue weighted by Gasteiger charge is 2.18. The van der Waals surface area contributed by atoms with Gasteiger partial charge in [0.1, 0.15) is 4.88 Å². The second-order valence-electron chi connectivity index (χ2n) is 6.74. The van der Waals surface area contributed by atoms with Crippen molar-refractivity contribution < 1.29 is 19.2 Å². The first-order chi connectivity index (χ1) is 13.4. The minimum absolute atomic E-state index is 0.0831. The van der Waals surface area contributed by atoms with Crippen LogP contribution in [0.2, 0.25) is 0 Å². The third-order valence-corrected chi connectivity index (χ3v) is 5.62. The van der Waals surface area contributed by atoms with Crippen molar-refractivity contribution in [2.24, 2.45) is 5.92 Å². The smallest absolute Gasteiger partial charge is 0.349 e. The van der Waals surface area contributed by atoms with Crippen LogP contribution in [-0.4, -0.2) is 36.5 Å². The summed E-state index contributed by atoms with van der Waals surface area (Å²) in [6.07, 6.45) is 2.36. The molecule has 3 rings (SSSR count). The Labute approximate surface area is 166 Å². The van der Waals surface area contributed by atoms with E-state index in [1.54, 1.807) is 0 Å². The molecule has 0 bridgehead atoms. The van der Waals surface area contributed by atoms with Crippen LogP contribution in [0.25, 0.3) is 0 Å². The zero-order valence-corrected chi connectivity index (χ0v) is 16.2. The zero-order chi connectivity index (χ0) is 20.1. The molecule has 0 spiro atoms. The van der Waals surface area contributed by atoms with Crippen LogP contribution in [-0.2, 0) is 9.53 Å². The largest absolute Gasteiger partial charge is 0.451 e. The van der Waals surface area contributed by atoms with Crippen LogP contribution >= 0.6 is 11.3 Å². The van der Waals surface area contributed by atoms with Gasteiger partial charge in [0.05, 0.1) is 4.92 Å². The van der Waals surface area contributed by atoms with E-state index in [-0.39, 0.29) is 9.88 Å². The van der Waals surface area contributed by atoms with Gasteiger partial charge >= 0.3 is 11.0 Å². The second-order valence-corrected chi connectivity index (χ2v) is 7.80. The topological polar surface area (TPSA) is 102 Å². The fraction of sp³-hybridized carbons (Fsp3) is 0.368. The number of nitrogens with zero attached hydrogens (tertiary/aromatic N) is 2. The number of hydrogen-bond donors (Lipinski definition) is 1. The molecule has 1 N–H and O–H groups in total. The molecule has 8 nitrogen and oxygen atoms in total. The highest BCUT2D eigenvalue weighted by Crippen LogP contribution is 2.25. The lowest BCUT2D eigenvalue weighted by Gasteiger charge is -2.32. The van der Waals surface area contributed by atoms with E-state index in [0.717, 1.165) is 24.7 Å². The average Bonchev–Trinajstić information content (AvgIpc) is 3.18. The zero-order valence-electron chi connectivity index (χ0n) is 15.4. The molecule has 1 aromatic carbocycles. The summed E-state index contributed by atoms with van der Waals surface area (Å²) in [5.41, 5.74) is 1.73. The van der Waals surface area contributed by atoms with E-state index in [1.807, 2.05) is 24.3 Å². The first-order valence-electron chi connectivity index (χ1n) is 8.98. The Morgan fingerprint density at radius 2 is 1.89 bits per heavy atom. The summed E-state index contributed by atoms with van der Waals surface area (Å²) in [5.74, 6) is -0.472. The van der Waals surface area contributed by atoms with Crippen LogP contribution in [0.3, 0.4) is 0 Å². The van der Waals surface area contributed by atoms with E-state index in [4.69, 9.17) is 4.74 Å². The van der Waals surface area contributed by atoms with E-state index in [0.29, 0.717) is 17.0 Å². The lowest BCUT2D eigenvalue weighted by molar-refractivity contribution is -0.380. The van der Waals surface area contributed by atoms with Gasteiger partial charge in [-0.15, -0.1) is 0 Å². The quantitative estimate of drug-likeness (QED) is 0.448. The van der Waals surface area contributed by atoms with Crippen molar-refractivity contribution in [3.63, 3.8) is 0 Å². The van der Waals surface area contributed by atoms with Crippen molar-refractivity contribution in [3.05, 3.63) is 51.4 Å². The molecule has 1 amide bonds. The van der Waals surface area contributed by atoms with Gasteiger partial charge in [0.25, 0.3) is 5.91 Å². The van der Waals surface area contributed by atoms with Crippen LogP contribution in [0.1, 0.15) is 29.4 Å². The monoisotopic (exact) mass is 403 g/mol. The highest BCUT2D eigenvalue weighted by atomic mass is 32.1. The molecular formula is C19H21N3O5S. The molecule has 28 heavy (non-hydrogen) atoms. The minimum atomic E-state index is -0.761. The molecule has 0 radical (unpaired) electrons. The summed E-state index contributed by atoms with van der Waals surface area (Å²) in [5, 5.41) is 13.2. The third kappa shape index (κ3) is 5.07. The Balaban J connectivity index is 1.47. The van der Waals surface area contributed by atoms with E-state index < -0.39 is 23.4 Å². The Kier molecular flexibility index (Phi) is 6.25. The summed E-state index contributed by atoms with van der Waals surface area (Å²) in [6.45, 7) is 3.87. The molecular weight excluding hydrogens is 382 g/mol. The number of hydrogen-bond acceptors (Lipinski definition) is 7. The molecule has 1 aliphatic heterocycles. The second kappa shape index (κ2) is 8.83. The number of rotatable bonds is 6. The van der Waals surface area contributed by atoms with Gasteiger partial charge in [-0.3, -0.25) is 14.9 Å². The molecule has 1 aromatic heterocycles. The number of nitro groups is 1. The molecule has 0 unspecified atom stereocenters. The summed E-state index contributed by atoms with van der Waals surface area (Å²) in [4.78, 5) is 36.3. The van der Waals surface area contributed by atoms with Crippen LogP contribution in [0.5, 0.6) is 0 Å². The van der Waals surface area contributed by atoms with Gasteiger partial charge in [-0.25, -0.2) is 4.79 Å². The lowest BCUT2D eigenvalue weighted by atomic mass is 9.99. The van der Waals surface area contributed by atoms with Crippen molar-refractivity contribution in [2.45, 2.75) is 19.8 Å². The molecule has 148 valence electrons. The number of anilines is 2. The molecule has 0 aliphatic carbocycles. The predicted octanol–water partition coefficient (Wildman–Crippen LogP) is 3.69. The van der Waals surface area contributed by atoms with Crippen LogP contribution in [0.15, 0.2) is 36.4 Å². The molecule has 9 heteroatoms. The average molecular weight is 403 g/mol. The van der Waals surface area contributed by atoms with Gasteiger partial charge in [-0.1, -0.05) is 18.3 Å². The lowest BCUT2D eigenvalue weighted by Crippen LogP contribution is -2.32. The summed E-state index contributed by atoms with van der Waals surface area (Å²) in [7, 11) is 0. The van der Waals surface area contributed by atoms with E-state index in [9.17, 15) is 19.7 Å². The molecule has 2 heterocycles. The summed E-state index contributed by atoms with van der Waals surface area (Å²) < 4.78 is 4.91.